The highest BCUT2D eigenvalue weighted by Gasteiger charge is 2.21. The van der Waals surface area contributed by atoms with Gasteiger partial charge in [0.2, 0.25) is 0 Å². The van der Waals surface area contributed by atoms with Crippen molar-refractivity contribution >= 4 is 35.5 Å². The van der Waals surface area contributed by atoms with Gasteiger partial charge in [0.1, 0.15) is 0 Å². The van der Waals surface area contributed by atoms with Crippen molar-refractivity contribution in [2.24, 2.45) is 0 Å². The molecule has 1 fully saturated rings. The number of amides is 1. The van der Waals surface area contributed by atoms with Gasteiger partial charge in [-0.1, -0.05) is 0 Å². The molecule has 0 atom stereocenters. The fourth-order valence-corrected chi connectivity index (χ4v) is 3.39. The van der Waals surface area contributed by atoms with E-state index in [1.54, 1.807) is 18.0 Å². The summed E-state index contributed by atoms with van der Waals surface area (Å²) in [4.78, 5) is 15.0. The Hall–Kier alpha value is -1.14. The Kier molecular flexibility index (Phi) is 4.42. The van der Waals surface area contributed by atoms with E-state index in [0.29, 0.717) is 10.5 Å². The summed E-state index contributed by atoms with van der Waals surface area (Å²) in [6.45, 7) is 0.722. The predicted molar refractivity (Wildman–Crippen MR) is 77.9 cm³/mol. The van der Waals surface area contributed by atoms with Crippen LogP contribution in [0.3, 0.4) is 0 Å². The van der Waals surface area contributed by atoms with Crippen LogP contribution in [0.5, 0.6) is 5.75 Å². The molecule has 102 valence electrons. The van der Waals surface area contributed by atoms with Crippen molar-refractivity contribution in [1.82, 2.24) is 4.90 Å². The quantitative estimate of drug-likeness (QED) is 0.673. The molecule has 1 aromatic carbocycles. The standard InChI is InChI=1S/C13H14FNO2S2/c1-15-3-4-19-12(13(15)17)6-8-5-9(14)10(16)7-11(8)18-2/h5-7,16H,3-4H2,1-2H3. The molecular formula is C13H14FNO2S2. The van der Waals surface area contributed by atoms with Crippen LogP contribution in [0.25, 0.3) is 6.08 Å². The van der Waals surface area contributed by atoms with Crippen LogP contribution in [0, 0.1) is 5.82 Å². The summed E-state index contributed by atoms with van der Waals surface area (Å²) in [6, 6.07) is 2.64. The van der Waals surface area contributed by atoms with Crippen molar-refractivity contribution in [2.75, 3.05) is 25.6 Å². The van der Waals surface area contributed by atoms with Crippen molar-refractivity contribution in [3.8, 4) is 5.75 Å². The minimum absolute atomic E-state index is 0.0446. The number of halogens is 1. The Balaban J connectivity index is 2.41. The maximum Gasteiger partial charge on any atom is 0.260 e. The van der Waals surface area contributed by atoms with Crippen LogP contribution in [0.1, 0.15) is 5.56 Å². The third kappa shape index (κ3) is 3.06. The molecule has 0 radical (unpaired) electrons. The third-order valence-electron chi connectivity index (χ3n) is 2.83. The number of nitrogens with zero attached hydrogens (tertiary/aromatic N) is 1. The molecular weight excluding hydrogens is 285 g/mol. The van der Waals surface area contributed by atoms with E-state index >= 15 is 0 Å². The third-order valence-corrected chi connectivity index (χ3v) is 4.61. The lowest BCUT2D eigenvalue weighted by Crippen LogP contribution is -2.33. The molecule has 0 saturated carbocycles. The Labute approximate surface area is 119 Å². The predicted octanol–water partition coefficient (Wildman–Crippen LogP) is 2.80. The van der Waals surface area contributed by atoms with Gasteiger partial charge in [-0.3, -0.25) is 4.79 Å². The minimum Gasteiger partial charge on any atom is -0.505 e. The normalized spacial score (nSPS) is 18.2. The molecule has 1 saturated heterocycles. The number of carbonyl (C=O) groups excluding carboxylic acids is 1. The molecule has 19 heavy (non-hydrogen) atoms. The van der Waals surface area contributed by atoms with E-state index in [0.717, 1.165) is 17.2 Å². The van der Waals surface area contributed by atoms with Crippen LogP contribution in [-0.2, 0) is 4.79 Å². The number of thioether (sulfide) groups is 2. The second kappa shape index (κ2) is 5.88. The van der Waals surface area contributed by atoms with Gasteiger partial charge in [-0.25, -0.2) is 4.39 Å². The van der Waals surface area contributed by atoms with Gasteiger partial charge in [0.15, 0.2) is 11.6 Å². The van der Waals surface area contributed by atoms with Crippen LogP contribution in [-0.4, -0.2) is 41.5 Å². The van der Waals surface area contributed by atoms with Gasteiger partial charge in [-0.15, -0.1) is 23.5 Å². The number of likely N-dealkylation sites (N-methyl/N-ethyl adjacent to an activating group) is 1. The minimum atomic E-state index is -0.675. The van der Waals surface area contributed by atoms with E-state index in [2.05, 4.69) is 0 Å². The number of benzene rings is 1. The summed E-state index contributed by atoms with van der Waals surface area (Å²) in [5.41, 5.74) is 0.619. The highest BCUT2D eigenvalue weighted by atomic mass is 32.2. The Bertz CT molecular complexity index is 546. The molecule has 1 N–H and O–H groups in total. The Morgan fingerprint density at radius 1 is 1.53 bits per heavy atom. The molecule has 1 aromatic rings. The number of carbonyl (C=O) groups is 1. The zero-order chi connectivity index (χ0) is 14.0. The molecule has 0 spiro atoms. The van der Waals surface area contributed by atoms with Crippen LogP contribution >= 0.6 is 23.5 Å². The van der Waals surface area contributed by atoms with Gasteiger partial charge < -0.3 is 10.0 Å². The lowest BCUT2D eigenvalue weighted by Gasteiger charge is -2.23. The maximum atomic E-state index is 13.4. The fraction of sp³-hybridized carbons (Fsp3) is 0.308. The first kappa shape index (κ1) is 14.3. The fourth-order valence-electron chi connectivity index (χ4n) is 1.74. The van der Waals surface area contributed by atoms with Crippen molar-refractivity contribution in [3.05, 3.63) is 28.4 Å². The molecule has 3 nitrogen and oxygen atoms in total. The molecule has 1 aliphatic rings. The monoisotopic (exact) mass is 299 g/mol. The van der Waals surface area contributed by atoms with E-state index < -0.39 is 5.82 Å². The molecule has 0 bridgehead atoms. The smallest absolute Gasteiger partial charge is 0.260 e. The van der Waals surface area contributed by atoms with Crippen molar-refractivity contribution in [3.63, 3.8) is 0 Å². The molecule has 1 amide bonds. The highest BCUT2D eigenvalue weighted by molar-refractivity contribution is 8.04. The summed E-state index contributed by atoms with van der Waals surface area (Å²) >= 11 is 2.88. The topological polar surface area (TPSA) is 40.5 Å². The maximum absolute atomic E-state index is 13.4. The summed E-state index contributed by atoms with van der Waals surface area (Å²) in [5.74, 6) is -0.252. The van der Waals surface area contributed by atoms with Crippen LogP contribution < -0.4 is 0 Å². The molecule has 0 unspecified atom stereocenters. The van der Waals surface area contributed by atoms with Crippen LogP contribution in [0.15, 0.2) is 21.9 Å². The van der Waals surface area contributed by atoms with Gasteiger partial charge >= 0.3 is 0 Å². The first-order valence-corrected chi connectivity index (χ1v) is 7.90. The van der Waals surface area contributed by atoms with E-state index in [-0.39, 0.29) is 11.7 Å². The largest absolute Gasteiger partial charge is 0.505 e. The molecule has 1 heterocycles. The van der Waals surface area contributed by atoms with Gasteiger partial charge in [-0.2, -0.15) is 0 Å². The summed E-state index contributed by atoms with van der Waals surface area (Å²) in [5, 5.41) is 9.37. The van der Waals surface area contributed by atoms with Gasteiger partial charge in [-0.05, 0) is 30.0 Å². The van der Waals surface area contributed by atoms with E-state index in [4.69, 9.17) is 0 Å². The first-order valence-electron chi connectivity index (χ1n) is 5.69. The van der Waals surface area contributed by atoms with Gasteiger partial charge in [0.25, 0.3) is 5.91 Å². The van der Waals surface area contributed by atoms with Crippen molar-refractivity contribution < 1.29 is 14.3 Å². The summed E-state index contributed by atoms with van der Waals surface area (Å²) < 4.78 is 13.4. The van der Waals surface area contributed by atoms with E-state index in [1.807, 2.05) is 6.26 Å². The van der Waals surface area contributed by atoms with Crippen molar-refractivity contribution in [2.45, 2.75) is 4.90 Å². The molecule has 6 heteroatoms. The Morgan fingerprint density at radius 3 is 2.95 bits per heavy atom. The number of phenols is 1. The second-order valence-electron chi connectivity index (χ2n) is 4.13. The molecule has 0 aliphatic carbocycles. The number of hydrogen-bond acceptors (Lipinski definition) is 4. The van der Waals surface area contributed by atoms with Crippen LogP contribution in [0.4, 0.5) is 4.39 Å². The van der Waals surface area contributed by atoms with Crippen LogP contribution in [0.2, 0.25) is 0 Å². The number of rotatable bonds is 2. The summed E-state index contributed by atoms with van der Waals surface area (Å²) in [6.07, 6.45) is 3.54. The molecule has 0 aromatic heterocycles. The number of aromatic hydroxyl groups is 1. The average Bonchev–Trinajstić information content (AvgIpc) is 2.39. The highest BCUT2D eigenvalue weighted by Crippen LogP contribution is 2.32. The Morgan fingerprint density at radius 2 is 2.26 bits per heavy atom. The number of phenolic OH excluding ortho intramolecular Hbond substituents is 1. The lowest BCUT2D eigenvalue weighted by atomic mass is 10.2. The SMILES string of the molecule is CSc1cc(O)c(F)cc1C=C1SCCN(C)C1=O. The van der Waals surface area contributed by atoms with E-state index in [9.17, 15) is 14.3 Å². The van der Waals surface area contributed by atoms with Gasteiger partial charge in [0, 0.05) is 24.2 Å². The van der Waals surface area contributed by atoms with Crippen molar-refractivity contribution in [1.29, 1.82) is 0 Å². The average molecular weight is 299 g/mol. The zero-order valence-corrected chi connectivity index (χ0v) is 12.3. The van der Waals surface area contributed by atoms with Gasteiger partial charge in [0.05, 0.1) is 4.91 Å². The summed E-state index contributed by atoms with van der Waals surface area (Å²) in [7, 11) is 1.75. The first-order chi connectivity index (χ1) is 9.02. The molecule has 2 rings (SSSR count). The number of hydrogen-bond donors (Lipinski definition) is 1. The molecule has 1 aliphatic heterocycles. The zero-order valence-electron chi connectivity index (χ0n) is 10.6. The van der Waals surface area contributed by atoms with E-state index in [1.165, 1.54) is 35.7 Å². The second-order valence-corrected chi connectivity index (χ2v) is 6.11. The lowest BCUT2D eigenvalue weighted by molar-refractivity contribution is -0.125.